The zero-order chi connectivity index (χ0) is 9.28. The monoisotopic (exact) mass is 266 g/mol. The fourth-order valence-electron chi connectivity index (χ4n) is 0.750. The van der Waals surface area contributed by atoms with E-state index in [1.807, 2.05) is 0 Å². The summed E-state index contributed by atoms with van der Waals surface area (Å²) in [4.78, 5) is 8.89. The SMILES string of the molecule is CC(=O)[O-].C[CH2][Sn+]([CH2]C)[CH2]C. The van der Waals surface area contributed by atoms with E-state index in [4.69, 9.17) is 9.90 Å². The summed E-state index contributed by atoms with van der Waals surface area (Å²) in [5.41, 5.74) is 0. The Kier molecular flexibility index (Phi) is 12.9. The van der Waals surface area contributed by atoms with Gasteiger partial charge in [-0.1, -0.05) is 0 Å². The van der Waals surface area contributed by atoms with Crippen molar-refractivity contribution in [2.24, 2.45) is 0 Å². The van der Waals surface area contributed by atoms with Crippen molar-refractivity contribution in [1.29, 1.82) is 0 Å². The van der Waals surface area contributed by atoms with Crippen molar-refractivity contribution in [3.63, 3.8) is 0 Å². The molecule has 0 aromatic carbocycles. The predicted molar refractivity (Wildman–Crippen MR) is 47.9 cm³/mol. The first-order chi connectivity index (χ1) is 5.08. The molecule has 0 rings (SSSR count). The quantitative estimate of drug-likeness (QED) is 0.721. The van der Waals surface area contributed by atoms with Gasteiger partial charge in [-0.15, -0.1) is 0 Å². The van der Waals surface area contributed by atoms with Gasteiger partial charge in [-0.3, -0.25) is 0 Å². The van der Waals surface area contributed by atoms with Crippen LogP contribution in [0.1, 0.15) is 27.7 Å². The van der Waals surface area contributed by atoms with Crippen molar-refractivity contribution < 1.29 is 9.90 Å². The van der Waals surface area contributed by atoms with E-state index in [9.17, 15) is 0 Å². The van der Waals surface area contributed by atoms with Gasteiger partial charge in [0, 0.05) is 5.97 Å². The van der Waals surface area contributed by atoms with Crippen LogP contribution in [0.5, 0.6) is 0 Å². The molecule has 0 radical (unpaired) electrons. The molecule has 0 unspecified atom stereocenters. The molecule has 2 nitrogen and oxygen atoms in total. The van der Waals surface area contributed by atoms with E-state index in [0.29, 0.717) is 0 Å². The van der Waals surface area contributed by atoms with Gasteiger partial charge < -0.3 is 9.90 Å². The zero-order valence-corrected chi connectivity index (χ0v) is 10.8. The molecule has 0 fully saturated rings. The van der Waals surface area contributed by atoms with Gasteiger partial charge in [0.15, 0.2) is 0 Å². The van der Waals surface area contributed by atoms with E-state index in [2.05, 4.69) is 20.8 Å². The van der Waals surface area contributed by atoms with Crippen LogP contribution in [0.3, 0.4) is 0 Å². The molecule has 11 heavy (non-hydrogen) atoms. The third-order valence-corrected chi connectivity index (χ3v) is 10.1. The minimum atomic E-state index is -1.08. The first kappa shape index (κ1) is 13.8. The van der Waals surface area contributed by atoms with Gasteiger partial charge in [-0.25, -0.2) is 0 Å². The Labute approximate surface area is 76.7 Å². The molecular weight excluding hydrogens is 247 g/mol. The van der Waals surface area contributed by atoms with Gasteiger partial charge in [0.25, 0.3) is 0 Å². The average molecular weight is 265 g/mol. The van der Waals surface area contributed by atoms with E-state index in [1.54, 1.807) is 13.3 Å². The van der Waals surface area contributed by atoms with Crippen molar-refractivity contribution in [3.05, 3.63) is 0 Å². The van der Waals surface area contributed by atoms with Gasteiger partial charge in [0.1, 0.15) is 0 Å². The first-order valence-corrected chi connectivity index (χ1v) is 10.1. The minimum absolute atomic E-state index is 0.653. The third-order valence-electron chi connectivity index (χ3n) is 1.50. The summed E-state index contributed by atoms with van der Waals surface area (Å²) in [5.74, 6) is -1.08. The normalized spacial score (nSPS) is 8.00. The summed E-state index contributed by atoms with van der Waals surface area (Å²) in [5, 5.41) is 8.89. The van der Waals surface area contributed by atoms with E-state index in [1.165, 1.54) is 0 Å². The van der Waals surface area contributed by atoms with Crippen LogP contribution >= 0.6 is 0 Å². The second-order valence-corrected chi connectivity index (χ2v) is 12.6. The fourth-order valence-corrected chi connectivity index (χ4v) is 5.03. The molecule has 0 aliphatic carbocycles. The molecule has 0 aromatic rings. The molecule has 0 aromatic heterocycles. The van der Waals surface area contributed by atoms with Crippen LogP contribution in [0.4, 0.5) is 0 Å². The number of carbonyl (C=O) groups excluding carboxylic acids is 1. The maximum atomic E-state index is 8.89. The molecule has 0 heterocycles. The Morgan fingerprint density at radius 2 is 1.36 bits per heavy atom. The molecule has 0 bridgehead atoms. The van der Waals surface area contributed by atoms with E-state index < -0.39 is 25.7 Å². The van der Waals surface area contributed by atoms with Crippen LogP contribution in [-0.2, 0) is 4.79 Å². The molecule has 3 heteroatoms. The van der Waals surface area contributed by atoms with Crippen molar-refractivity contribution in [2.45, 2.75) is 41.0 Å². The first-order valence-electron chi connectivity index (χ1n) is 4.09. The Morgan fingerprint density at radius 3 is 1.36 bits per heavy atom. The summed E-state index contributed by atoms with van der Waals surface area (Å²) >= 11 is -0.653. The molecule has 66 valence electrons. The number of hydrogen-bond acceptors (Lipinski definition) is 2. The Morgan fingerprint density at radius 1 is 1.18 bits per heavy atom. The second kappa shape index (κ2) is 10.3. The summed E-state index contributed by atoms with van der Waals surface area (Å²) < 4.78 is 4.65. The molecule has 0 aliphatic rings. The number of carbonyl (C=O) groups is 1. The van der Waals surface area contributed by atoms with Gasteiger partial charge in [-0.2, -0.15) is 0 Å². The van der Waals surface area contributed by atoms with Gasteiger partial charge in [-0.05, 0) is 6.92 Å². The second-order valence-electron chi connectivity index (χ2n) is 2.30. The maximum absolute atomic E-state index is 8.89. The van der Waals surface area contributed by atoms with Crippen molar-refractivity contribution >= 4 is 25.7 Å². The number of aliphatic carboxylic acids is 1. The average Bonchev–Trinajstić information content (AvgIpc) is 1.90. The summed E-state index contributed by atoms with van der Waals surface area (Å²) in [7, 11) is 0. The molecular formula is C8H18O2Sn. The molecule has 0 atom stereocenters. The Balaban J connectivity index is 0. The molecule has 0 aliphatic heterocycles. The zero-order valence-electron chi connectivity index (χ0n) is 7.94. The van der Waals surface area contributed by atoms with Crippen LogP contribution in [0.15, 0.2) is 0 Å². The van der Waals surface area contributed by atoms with Crippen molar-refractivity contribution in [1.82, 2.24) is 0 Å². The Bertz CT molecular complexity index is 80.6. The number of rotatable bonds is 3. The summed E-state index contributed by atoms with van der Waals surface area (Å²) in [6.07, 6.45) is 0. The van der Waals surface area contributed by atoms with Crippen LogP contribution in [0.25, 0.3) is 0 Å². The molecule has 0 saturated heterocycles. The van der Waals surface area contributed by atoms with Gasteiger partial charge >= 0.3 is 53.8 Å². The van der Waals surface area contributed by atoms with Crippen molar-refractivity contribution in [3.8, 4) is 0 Å². The molecule has 0 N–H and O–H groups in total. The van der Waals surface area contributed by atoms with E-state index in [-0.39, 0.29) is 0 Å². The molecule has 0 amide bonds. The predicted octanol–water partition coefficient (Wildman–Crippen LogP) is 1.30. The standard InChI is InChI=1S/C2H4O2.3C2H5.Sn/c1-2(3)4;3*1-2;/h1H3,(H,3,4);3*1H2,2H3;/q;;;;+1/p-1. The van der Waals surface area contributed by atoms with E-state index in [0.717, 1.165) is 6.92 Å². The van der Waals surface area contributed by atoms with E-state index >= 15 is 0 Å². The van der Waals surface area contributed by atoms with Crippen LogP contribution in [0.2, 0.25) is 13.3 Å². The number of hydrogen-bond donors (Lipinski definition) is 0. The topological polar surface area (TPSA) is 40.1 Å². The number of carboxylic acid groups (broad SMARTS) is 1. The van der Waals surface area contributed by atoms with Gasteiger partial charge in [0.05, 0.1) is 0 Å². The Hall–Kier alpha value is 0.269. The summed E-state index contributed by atoms with van der Waals surface area (Å²) in [6, 6.07) is 0. The molecule has 0 saturated carbocycles. The molecule has 0 spiro atoms. The van der Waals surface area contributed by atoms with Crippen LogP contribution < -0.4 is 5.11 Å². The number of carboxylic acids is 1. The summed E-state index contributed by atoms with van der Waals surface area (Å²) in [6.45, 7) is 8.02. The van der Waals surface area contributed by atoms with Crippen molar-refractivity contribution in [2.75, 3.05) is 0 Å². The van der Waals surface area contributed by atoms with Crippen LogP contribution in [-0.4, -0.2) is 25.7 Å². The fraction of sp³-hybridized carbons (Fsp3) is 0.875. The van der Waals surface area contributed by atoms with Gasteiger partial charge in [0.2, 0.25) is 0 Å². The third kappa shape index (κ3) is 17.9. The van der Waals surface area contributed by atoms with Crippen LogP contribution in [0, 0.1) is 0 Å².